The minimum Gasteiger partial charge on any atom is -0.256 e. The highest BCUT2D eigenvalue weighted by Crippen LogP contribution is 2.35. The number of para-hydroxylation sites is 1. The molecule has 0 N–H and O–H groups in total. The molecular formula is C39H25N3. The minimum atomic E-state index is 0.701. The summed E-state index contributed by atoms with van der Waals surface area (Å²) in [5.74, 6) is 0.701. The van der Waals surface area contributed by atoms with Crippen molar-refractivity contribution in [2.24, 2.45) is 0 Å². The molecule has 0 unspecified atom stereocenters. The van der Waals surface area contributed by atoms with E-state index in [-0.39, 0.29) is 0 Å². The fraction of sp³-hybridized carbons (Fsp3) is 0. The Morgan fingerprint density at radius 1 is 0.381 bits per heavy atom. The number of nitrogens with zero attached hydrogens (tertiary/aromatic N) is 3. The van der Waals surface area contributed by atoms with Crippen molar-refractivity contribution in [1.29, 1.82) is 0 Å². The van der Waals surface area contributed by atoms with Gasteiger partial charge in [-0.1, -0.05) is 127 Å². The van der Waals surface area contributed by atoms with Crippen molar-refractivity contribution in [3.8, 4) is 45.0 Å². The SMILES string of the molecule is c1ccc2ncc(-c3ccc(-c4nc(-c5cccc6ccccc56)cc(-c5cccc6ccccc56)n4)cc3)cc2c1. The molecule has 8 rings (SSSR count). The van der Waals surface area contributed by atoms with Gasteiger partial charge in [-0.3, -0.25) is 4.98 Å². The number of hydrogen-bond donors (Lipinski definition) is 0. The highest BCUT2D eigenvalue weighted by Gasteiger charge is 2.14. The lowest BCUT2D eigenvalue weighted by atomic mass is 9.98. The average Bonchev–Trinajstić information content (AvgIpc) is 3.07. The van der Waals surface area contributed by atoms with E-state index in [4.69, 9.17) is 9.97 Å². The fourth-order valence-corrected chi connectivity index (χ4v) is 5.79. The second kappa shape index (κ2) is 10.1. The third-order valence-corrected chi connectivity index (χ3v) is 7.92. The first-order chi connectivity index (χ1) is 20.8. The van der Waals surface area contributed by atoms with Crippen molar-refractivity contribution in [2.45, 2.75) is 0 Å². The highest BCUT2D eigenvalue weighted by atomic mass is 14.9. The molecule has 42 heavy (non-hydrogen) atoms. The molecule has 0 amide bonds. The smallest absolute Gasteiger partial charge is 0.160 e. The molecule has 0 saturated heterocycles. The molecule has 0 fully saturated rings. The quantitative estimate of drug-likeness (QED) is 0.225. The van der Waals surface area contributed by atoms with Gasteiger partial charge in [-0.15, -0.1) is 0 Å². The van der Waals surface area contributed by atoms with Crippen LogP contribution in [0.4, 0.5) is 0 Å². The van der Waals surface area contributed by atoms with Crippen molar-refractivity contribution < 1.29 is 0 Å². The lowest BCUT2D eigenvalue weighted by Gasteiger charge is -2.13. The van der Waals surface area contributed by atoms with Gasteiger partial charge in [-0.05, 0) is 45.3 Å². The van der Waals surface area contributed by atoms with Crippen LogP contribution in [-0.2, 0) is 0 Å². The normalized spacial score (nSPS) is 11.3. The second-order valence-electron chi connectivity index (χ2n) is 10.5. The monoisotopic (exact) mass is 535 g/mol. The summed E-state index contributed by atoms with van der Waals surface area (Å²) in [6.07, 6.45) is 1.94. The molecule has 2 heterocycles. The largest absolute Gasteiger partial charge is 0.256 e. The molecule has 0 radical (unpaired) electrons. The van der Waals surface area contributed by atoms with E-state index in [1.54, 1.807) is 0 Å². The van der Waals surface area contributed by atoms with Gasteiger partial charge in [-0.2, -0.15) is 0 Å². The summed E-state index contributed by atoms with van der Waals surface area (Å²) in [7, 11) is 0. The number of aromatic nitrogens is 3. The molecule has 0 spiro atoms. The zero-order valence-electron chi connectivity index (χ0n) is 22.8. The number of hydrogen-bond acceptors (Lipinski definition) is 3. The first-order valence-electron chi connectivity index (χ1n) is 14.1. The summed E-state index contributed by atoms with van der Waals surface area (Å²) in [4.78, 5) is 15.0. The standard InChI is InChI=1S/C39H25N3/c1-4-14-32-27(9-1)12-7-16-34(32)37-24-38(35-17-8-13-28-10-2-5-15-33(28)35)42-39(41-37)29-21-19-26(20-22-29)31-23-30-11-3-6-18-36(30)40-25-31/h1-25H. The van der Waals surface area contributed by atoms with Crippen LogP contribution in [0.1, 0.15) is 0 Å². The van der Waals surface area contributed by atoms with Crippen LogP contribution >= 0.6 is 0 Å². The Morgan fingerprint density at radius 3 is 1.55 bits per heavy atom. The maximum Gasteiger partial charge on any atom is 0.160 e. The Morgan fingerprint density at radius 2 is 0.905 bits per heavy atom. The van der Waals surface area contributed by atoms with Crippen LogP contribution in [0.2, 0.25) is 0 Å². The van der Waals surface area contributed by atoms with Crippen molar-refractivity contribution in [3.05, 3.63) is 152 Å². The van der Waals surface area contributed by atoms with Crippen LogP contribution < -0.4 is 0 Å². The Kier molecular flexibility index (Phi) is 5.79. The predicted octanol–water partition coefficient (Wildman–Crippen LogP) is 10.00. The highest BCUT2D eigenvalue weighted by molar-refractivity contribution is 5.99. The maximum absolute atomic E-state index is 5.15. The summed E-state index contributed by atoms with van der Waals surface area (Å²) in [6.45, 7) is 0. The van der Waals surface area contributed by atoms with E-state index >= 15 is 0 Å². The summed E-state index contributed by atoms with van der Waals surface area (Å²) in [5, 5.41) is 5.86. The van der Waals surface area contributed by atoms with Crippen molar-refractivity contribution in [1.82, 2.24) is 15.0 Å². The molecule has 0 bridgehead atoms. The first kappa shape index (κ1) is 24.2. The molecule has 196 valence electrons. The van der Waals surface area contributed by atoms with Crippen LogP contribution in [0, 0.1) is 0 Å². The van der Waals surface area contributed by atoms with E-state index in [0.29, 0.717) is 5.82 Å². The van der Waals surface area contributed by atoms with Crippen LogP contribution in [0.3, 0.4) is 0 Å². The van der Waals surface area contributed by atoms with Crippen LogP contribution in [-0.4, -0.2) is 15.0 Å². The molecule has 8 aromatic rings. The van der Waals surface area contributed by atoms with E-state index < -0.39 is 0 Å². The molecule has 2 aromatic heterocycles. The van der Waals surface area contributed by atoms with Gasteiger partial charge in [-0.25, -0.2) is 9.97 Å². The summed E-state index contributed by atoms with van der Waals surface area (Å²) in [6, 6.07) is 50.7. The molecule has 3 heteroatoms. The van der Waals surface area contributed by atoms with Gasteiger partial charge in [0.05, 0.1) is 16.9 Å². The molecule has 0 aliphatic carbocycles. The van der Waals surface area contributed by atoms with E-state index in [0.717, 1.165) is 50.1 Å². The van der Waals surface area contributed by atoms with Gasteiger partial charge >= 0.3 is 0 Å². The van der Waals surface area contributed by atoms with E-state index in [2.05, 4.69) is 132 Å². The number of pyridine rings is 1. The third-order valence-electron chi connectivity index (χ3n) is 7.92. The number of rotatable bonds is 4. The molecule has 0 aliphatic heterocycles. The molecule has 0 atom stereocenters. The van der Waals surface area contributed by atoms with Gasteiger partial charge in [0.25, 0.3) is 0 Å². The Bertz CT molecular complexity index is 2140. The Hall–Kier alpha value is -5.67. The van der Waals surface area contributed by atoms with Crippen molar-refractivity contribution in [3.63, 3.8) is 0 Å². The second-order valence-corrected chi connectivity index (χ2v) is 10.5. The van der Waals surface area contributed by atoms with Crippen LogP contribution in [0.15, 0.2) is 152 Å². The molecule has 0 aliphatic rings. The lowest BCUT2D eigenvalue weighted by molar-refractivity contribution is 1.19. The zero-order chi connectivity index (χ0) is 27.9. The topological polar surface area (TPSA) is 38.7 Å². The van der Waals surface area contributed by atoms with Crippen molar-refractivity contribution >= 4 is 32.4 Å². The van der Waals surface area contributed by atoms with Crippen LogP contribution in [0.5, 0.6) is 0 Å². The minimum absolute atomic E-state index is 0.701. The van der Waals surface area contributed by atoms with E-state index in [1.807, 2.05) is 24.4 Å². The predicted molar refractivity (Wildman–Crippen MR) is 174 cm³/mol. The average molecular weight is 536 g/mol. The van der Waals surface area contributed by atoms with E-state index in [1.165, 1.54) is 21.5 Å². The summed E-state index contributed by atoms with van der Waals surface area (Å²) in [5.41, 5.74) is 8.16. The molecule has 0 saturated carbocycles. The van der Waals surface area contributed by atoms with Gasteiger partial charge in [0.2, 0.25) is 0 Å². The van der Waals surface area contributed by atoms with Crippen molar-refractivity contribution in [2.75, 3.05) is 0 Å². The number of benzene rings is 6. The maximum atomic E-state index is 5.15. The van der Waals surface area contributed by atoms with Gasteiger partial charge in [0.1, 0.15) is 0 Å². The molecular weight excluding hydrogens is 510 g/mol. The van der Waals surface area contributed by atoms with E-state index in [9.17, 15) is 0 Å². The molecule has 3 nitrogen and oxygen atoms in total. The van der Waals surface area contributed by atoms with Crippen LogP contribution in [0.25, 0.3) is 77.5 Å². The van der Waals surface area contributed by atoms with Gasteiger partial charge in [0, 0.05) is 33.8 Å². The van der Waals surface area contributed by atoms with Gasteiger partial charge in [0.15, 0.2) is 5.82 Å². The third kappa shape index (κ3) is 4.29. The molecule has 6 aromatic carbocycles. The summed E-state index contributed by atoms with van der Waals surface area (Å²) >= 11 is 0. The Balaban J connectivity index is 1.29. The summed E-state index contributed by atoms with van der Waals surface area (Å²) < 4.78 is 0. The zero-order valence-corrected chi connectivity index (χ0v) is 22.8. The number of fused-ring (bicyclic) bond motifs is 3. The first-order valence-corrected chi connectivity index (χ1v) is 14.1. The lowest BCUT2D eigenvalue weighted by Crippen LogP contribution is -1.97. The van der Waals surface area contributed by atoms with Gasteiger partial charge < -0.3 is 0 Å². The Labute approximate surface area is 243 Å². The fourth-order valence-electron chi connectivity index (χ4n) is 5.79.